The number of pyridine rings is 1. The zero-order chi connectivity index (χ0) is 13.1. The number of carboxylic acids is 1. The Kier molecular flexibility index (Phi) is 4.00. The Morgan fingerprint density at radius 2 is 2.39 bits per heavy atom. The molecule has 1 aromatic rings. The standard InChI is InChI=1S/C11H13ClN2O4/c12-8-1-2-9(13-10(8)11(16)17)14-3-4-18-7(5-14)6-15/h1-2,7,15H,3-6H2,(H,16,17). The molecular weight excluding hydrogens is 260 g/mol. The average molecular weight is 273 g/mol. The van der Waals surface area contributed by atoms with Crippen LogP contribution < -0.4 is 4.90 Å². The third-order valence-electron chi connectivity index (χ3n) is 2.70. The summed E-state index contributed by atoms with van der Waals surface area (Å²) in [5, 5.41) is 18.1. The second-order valence-corrected chi connectivity index (χ2v) is 4.33. The Morgan fingerprint density at radius 1 is 1.61 bits per heavy atom. The number of nitrogens with zero attached hydrogens (tertiary/aromatic N) is 2. The smallest absolute Gasteiger partial charge is 0.356 e. The molecule has 2 rings (SSSR count). The van der Waals surface area contributed by atoms with E-state index in [0.29, 0.717) is 25.5 Å². The zero-order valence-electron chi connectivity index (χ0n) is 9.54. The van der Waals surface area contributed by atoms with Gasteiger partial charge in [0.05, 0.1) is 24.3 Å². The lowest BCUT2D eigenvalue weighted by Gasteiger charge is -2.32. The van der Waals surface area contributed by atoms with Crippen molar-refractivity contribution in [3.05, 3.63) is 22.8 Å². The van der Waals surface area contributed by atoms with Gasteiger partial charge in [0.15, 0.2) is 5.69 Å². The molecule has 0 aromatic carbocycles. The number of halogens is 1. The van der Waals surface area contributed by atoms with Crippen LogP contribution in [0.5, 0.6) is 0 Å². The topological polar surface area (TPSA) is 82.9 Å². The molecule has 6 nitrogen and oxygen atoms in total. The fourth-order valence-corrected chi connectivity index (χ4v) is 1.98. The molecule has 7 heteroatoms. The molecule has 1 atom stereocenters. The van der Waals surface area contributed by atoms with Crippen molar-refractivity contribution in [1.82, 2.24) is 4.98 Å². The van der Waals surface area contributed by atoms with Crippen LogP contribution in [0.3, 0.4) is 0 Å². The Labute approximate surface area is 109 Å². The number of hydrogen-bond acceptors (Lipinski definition) is 5. The molecule has 2 N–H and O–H groups in total. The van der Waals surface area contributed by atoms with Gasteiger partial charge in [-0.2, -0.15) is 0 Å². The van der Waals surface area contributed by atoms with Gasteiger partial charge >= 0.3 is 5.97 Å². The molecular formula is C11H13ClN2O4. The molecule has 0 bridgehead atoms. The van der Waals surface area contributed by atoms with Crippen LogP contribution in [0.15, 0.2) is 12.1 Å². The molecule has 1 aliphatic rings. The van der Waals surface area contributed by atoms with E-state index in [4.69, 9.17) is 26.6 Å². The van der Waals surface area contributed by atoms with E-state index in [2.05, 4.69) is 4.98 Å². The molecule has 1 fully saturated rings. The summed E-state index contributed by atoms with van der Waals surface area (Å²) in [7, 11) is 0. The van der Waals surface area contributed by atoms with E-state index < -0.39 is 5.97 Å². The van der Waals surface area contributed by atoms with Gasteiger partial charge in [-0.05, 0) is 12.1 Å². The van der Waals surface area contributed by atoms with Gasteiger partial charge in [-0.15, -0.1) is 0 Å². The Morgan fingerprint density at radius 3 is 3.06 bits per heavy atom. The Balaban J connectivity index is 2.22. The lowest BCUT2D eigenvalue weighted by molar-refractivity contribution is 0.00335. The van der Waals surface area contributed by atoms with E-state index in [9.17, 15) is 4.79 Å². The fraction of sp³-hybridized carbons (Fsp3) is 0.455. The molecule has 1 aromatic heterocycles. The van der Waals surface area contributed by atoms with Gasteiger partial charge in [0.25, 0.3) is 0 Å². The number of carbonyl (C=O) groups is 1. The number of aromatic carboxylic acids is 1. The van der Waals surface area contributed by atoms with Crippen molar-refractivity contribution in [1.29, 1.82) is 0 Å². The van der Waals surface area contributed by atoms with Crippen molar-refractivity contribution >= 4 is 23.4 Å². The molecule has 18 heavy (non-hydrogen) atoms. The number of morpholine rings is 1. The van der Waals surface area contributed by atoms with Crippen LogP contribution in [0, 0.1) is 0 Å². The number of aliphatic hydroxyl groups excluding tert-OH is 1. The van der Waals surface area contributed by atoms with Crippen LogP contribution >= 0.6 is 11.6 Å². The van der Waals surface area contributed by atoms with E-state index in [1.165, 1.54) is 6.07 Å². The number of ether oxygens (including phenoxy) is 1. The second kappa shape index (κ2) is 5.51. The Bertz CT molecular complexity index is 455. The van der Waals surface area contributed by atoms with Crippen LogP contribution in [-0.2, 0) is 4.74 Å². The van der Waals surface area contributed by atoms with Crippen molar-refractivity contribution in [2.75, 3.05) is 31.2 Å². The van der Waals surface area contributed by atoms with Crippen molar-refractivity contribution in [3.8, 4) is 0 Å². The number of hydrogen-bond donors (Lipinski definition) is 2. The number of aromatic nitrogens is 1. The SMILES string of the molecule is O=C(O)c1nc(N2CCOC(CO)C2)ccc1Cl. The van der Waals surface area contributed by atoms with Gasteiger partial charge in [-0.25, -0.2) is 9.78 Å². The van der Waals surface area contributed by atoms with Gasteiger partial charge in [0.2, 0.25) is 0 Å². The first kappa shape index (κ1) is 13.1. The normalized spacial score (nSPS) is 19.9. The summed E-state index contributed by atoms with van der Waals surface area (Å²) in [6.07, 6.45) is -0.274. The Hall–Kier alpha value is -1.37. The summed E-state index contributed by atoms with van der Waals surface area (Å²) in [6.45, 7) is 1.47. The maximum atomic E-state index is 10.9. The van der Waals surface area contributed by atoms with Gasteiger partial charge in [-0.1, -0.05) is 11.6 Å². The van der Waals surface area contributed by atoms with Crippen LogP contribution in [-0.4, -0.2) is 53.6 Å². The highest BCUT2D eigenvalue weighted by atomic mass is 35.5. The number of aliphatic hydroxyl groups is 1. The first-order valence-electron chi connectivity index (χ1n) is 5.49. The van der Waals surface area contributed by atoms with Crippen LogP contribution in [0.4, 0.5) is 5.82 Å². The molecule has 0 saturated carbocycles. The maximum absolute atomic E-state index is 10.9. The molecule has 1 saturated heterocycles. The predicted molar refractivity (Wildman–Crippen MR) is 65.2 cm³/mol. The predicted octanol–water partition coefficient (Wildman–Crippen LogP) is 0.631. The molecule has 2 heterocycles. The van der Waals surface area contributed by atoms with Crippen molar-refractivity contribution in [2.45, 2.75) is 6.10 Å². The van der Waals surface area contributed by atoms with Crippen molar-refractivity contribution in [2.24, 2.45) is 0 Å². The van der Waals surface area contributed by atoms with Gasteiger partial charge in [0, 0.05) is 13.1 Å². The molecule has 98 valence electrons. The monoisotopic (exact) mass is 272 g/mol. The second-order valence-electron chi connectivity index (χ2n) is 3.93. The highest BCUT2D eigenvalue weighted by Crippen LogP contribution is 2.21. The van der Waals surface area contributed by atoms with E-state index in [1.54, 1.807) is 6.07 Å². The number of carboxylic acid groups (broad SMARTS) is 1. The summed E-state index contributed by atoms with van der Waals surface area (Å²) in [5.74, 6) is -0.632. The number of rotatable bonds is 3. The van der Waals surface area contributed by atoms with Crippen LogP contribution in [0.25, 0.3) is 0 Å². The van der Waals surface area contributed by atoms with Gasteiger partial charge < -0.3 is 19.8 Å². The molecule has 0 radical (unpaired) electrons. The molecule has 1 aliphatic heterocycles. The summed E-state index contributed by atoms with van der Waals surface area (Å²) >= 11 is 5.76. The van der Waals surface area contributed by atoms with E-state index >= 15 is 0 Å². The minimum Gasteiger partial charge on any atom is -0.476 e. The van der Waals surface area contributed by atoms with Gasteiger partial charge in [0.1, 0.15) is 5.82 Å². The highest BCUT2D eigenvalue weighted by molar-refractivity contribution is 6.33. The summed E-state index contributed by atoms with van der Waals surface area (Å²) in [4.78, 5) is 16.8. The summed E-state index contributed by atoms with van der Waals surface area (Å²) < 4.78 is 5.32. The first-order chi connectivity index (χ1) is 8.61. The lowest BCUT2D eigenvalue weighted by Crippen LogP contribution is -2.44. The number of anilines is 1. The van der Waals surface area contributed by atoms with E-state index in [1.807, 2.05) is 4.90 Å². The third-order valence-corrected chi connectivity index (χ3v) is 3.01. The van der Waals surface area contributed by atoms with Crippen LogP contribution in [0.1, 0.15) is 10.5 Å². The fourth-order valence-electron chi connectivity index (χ4n) is 1.80. The van der Waals surface area contributed by atoms with Crippen molar-refractivity contribution in [3.63, 3.8) is 0 Å². The molecule has 1 unspecified atom stereocenters. The summed E-state index contributed by atoms with van der Waals surface area (Å²) in [5.41, 5.74) is -0.166. The van der Waals surface area contributed by atoms with Crippen molar-refractivity contribution < 1.29 is 19.7 Å². The average Bonchev–Trinajstić information content (AvgIpc) is 2.39. The molecule has 0 amide bonds. The highest BCUT2D eigenvalue weighted by Gasteiger charge is 2.22. The molecule has 0 spiro atoms. The van der Waals surface area contributed by atoms with Gasteiger partial charge in [-0.3, -0.25) is 0 Å². The van der Waals surface area contributed by atoms with E-state index in [0.717, 1.165) is 0 Å². The minimum atomic E-state index is -1.16. The minimum absolute atomic E-state index is 0.0735. The largest absolute Gasteiger partial charge is 0.476 e. The molecule has 0 aliphatic carbocycles. The first-order valence-corrected chi connectivity index (χ1v) is 5.87. The maximum Gasteiger partial charge on any atom is 0.356 e. The third kappa shape index (κ3) is 2.72. The summed E-state index contributed by atoms with van der Waals surface area (Å²) in [6, 6.07) is 3.17. The quantitative estimate of drug-likeness (QED) is 0.840. The lowest BCUT2D eigenvalue weighted by atomic mass is 10.2. The zero-order valence-corrected chi connectivity index (χ0v) is 10.3. The van der Waals surface area contributed by atoms with Crippen LogP contribution in [0.2, 0.25) is 5.02 Å². The van der Waals surface area contributed by atoms with E-state index in [-0.39, 0.29) is 23.4 Å².